The van der Waals surface area contributed by atoms with Gasteiger partial charge in [-0.1, -0.05) is 48.0 Å². The highest BCUT2D eigenvalue weighted by Gasteiger charge is 2.47. The maximum absolute atomic E-state index is 13.5. The zero-order chi connectivity index (χ0) is 24.4. The predicted octanol–water partition coefficient (Wildman–Crippen LogP) is 5.21. The minimum absolute atomic E-state index is 0.0100. The summed E-state index contributed by atoms with van der Waals surface area (Å²) in [5, 5.41) is 9.04. The number of aryl methyl sites for hydroxylation is 1. The lowest BCUT2D eigenvalue weighted by Gasteiger charge is -2.40. The zero-order valence-electron chi connectivity index (χ0n) is 20.4. The van der Waals surface area contributed by atoms with E-state index in [4.69, 9.17) is 10.00 Å². The molecule has 5 rings (SSSR count). The van der Waals surface area contributed by atoms with Gasteiger partial charge < -0.3 is 9.64 Å². The molecule has 0 N–H and O–H groups in total. The molecule has 1 atom stereocenters. The van der Waals surface area contributed by atoms with Gasteiger partial charge >= 0.3 is 0 Å². The van der Waals surface area contributed by atoms with E-state index in [0.717, 1.165) is 38.2 Å². The molecule has 1 saturated heterocycles. The summed E-state index contributed by atoms with van der Waals surface area (Å²) in [5.74, 6) is 0.721. The number of anilines is 1. The van der Waals surface area contributed by atoms with Gasteiger partial charge in [-0.3, -0.25) is 9.69 Å². The highest BCUT2D eigenvalue weighted by atomic mass is 16.5. The molecule has 2 heterocycles. The lowest BCUT2D eigenvalue weighted by atomic mass is 9.74. The number of ether oxygens (including phenoxy) is 1. The van der Waals surface area contributed by atoms with E-state index in [2.05, 4.69) is 36.1 Å². The van der Waals surface area contributed by atoms with Crippen LogP contribution < -0.4 is 9.64 Å². The third kappa shape index (κ3) is 4.67. The number of nitriles is 1. The molecule has 0 saturated carbocycles. The number of hydrogen-bond acceptors (Lipinski definition) is 4. The van der Waals surface area contributed by atoms with Crippen molar-refractivity contribution in [2.24, 2.45) is 0 Å². The number of carbonyl (C=O) groups is 1. The van der Waals surface area contributed by atoms with Gasteiger partial charge in [0.25, 0.3) is 5.91 Å². The van der Waals surface area contributed by atoms with Crippen LogP contribution in [0.1, 0.15) is 42.0 Å². The molecule has 2 aliphatic heterocycles. The molecule has 0 aliphatic carbocycles. The first kappa shape index (κ1) is 23.1. The zero-order valence-corrected chi connectivity index (χ0v) is 20.4. The summed E-state index contributed by atoms with van der Waals surface area (Å²) in [7, 11) is 0. The Morgan fingerprint density at radius 1 is 1.06 bits per heavy atom. The monoisotopic (exact) mass is 465 g/mol. The quantitative estimate of drug-likeness (QED) is 0.519. The Balaban J connectivity index is 1.31. The minimum atomic E-state index is -0.557. The van der Waals surface area contributed by atoms with Crippen LogP contribution in [0.3, 0.4) is 0 Å². The van der Waals surface area contributed by atoms with Crippen molar-refractivity contribution in [1.82, 2.24) is 4.90 Å². The Morgan fingerprint density at radius 3 is 2.46 bits per heavy atom. The number of fused-ring (bicyclic) bond motifs is 2. The van der Waals surface area contributed by atoms with Crippen molar-refractivity contribution in [2.45, 2.75) is 44.8 Å². The van der Waals surface area contributed by atoms with Crippen molar-refractivity contribution in [1.29, 1.82) is 5.26 Å². The standard InChI is InChI=1S/C30H31N3O2/c1-22-8-13-28-27(18-22)30(21-33(28)29(34)23(2)35-26-6-4-3-5-7-26)14-16-32(17-15-30)20-25-11-9-24(19-31)10-12-25/h3-13,18,23H,14-17,20-21H2,1-2H3. The van der Waals surface area contributed by atoms with Gasteiger partial charge in [-0.05, 0) is 81.2 Å². The van der Waals surface area contributed by atoms with E-state index in [9.17, 15) is 4.79 Å². The average Bonchev–Trinajstić information content (AvgIpc) is 3.19. The molecule has 5 heteroatoms. The number of likely N-dealkylation sites (tertiary alicyclic amines) is 1. The normalized spacial score (nSPS) is 17.6. The first-order chi connectivity index (χ1) is 17.0. The smallest absolute Gasteiger partial charge is 0.267 e. The van der Waals surface area contributed by atoms with Gasteiger partial charge in [0.2, 0.25) is 0 Å². The fourth-order valence-corrected chi connectivity index (χ4v) is 5.46. The molecule has 3 aromatic carbocycles. The third-order valence-corrected chi connectivity index (χ3v) is 7.45. The van der Waals surface area contributed by atoms with Crippen LogP contribution in [0.2, 0.25) is 0 Å². The van der Waals surface area contributed by atoms with Crippen LogP contribution in [0.4, 0.5) is 5.69 Å². The van der Waals surface area contributed by atoms with Crippen LogP contribution in [0.25, 0.3) is 0 Å². The van der Waals surface area contributed by atoms with E-state index in [1.165, 1.54) is 16.7 Å². The summed E-state index contributed by atoms with van der Waals surface area (Å²) in [6.07, 6.45) is 1.47. The molecule has 0 bridgehead atoms. The lowest BCUT2D eigenvalue weighted by Crippen LogP contribution is -2.47. The minimum Gasteiger partial charge on any atom is -0.481 e. The van der Waals surface area contributed by atoms with Gasteiger partial charge in [-0.15, -0.1) is 0 Å². The van der Waals surface area contributed by atoms with Crippen LogP contribution in [0.15, 0.2) is 72.8 Å². The Morgan fingerprint density at radius 2 is 1.77 bits per heavy atom. The molecular weight excluding hydrogens is 434 g/mol. The summed E-state index contributed by atoms with van der Waals surface area (Å²) in [6, 6.07) is 26.1. The Hall–Kier alpha value is -3.62. The van der Waals surface area contributed by atoms with Crippen LogP contribution in [0, 0.1) is 18.3 Å². The highest BCUT2D eigenvalue weighted by Crippen LogP contribution is 2.47. The maximum atomic E-state index is 13.5. The van der Waals surface area contributed by atoms with Crippen molar-refractivity contribution in [3.8, 4) is 11.8 Å². The van der Waals surface area contributed by atoms with E-state index in [0.29, 0.717) is 17.9 Å². The number of para-hydroxylation sites is 1. The van der Waals surface area contributed by atoms with Gasteiger partial charge in [0, 0.05) is 24.2 Å². The first-order valence-corrected chi connectivity index (χ1v) is 12.3. The summed E-state index contributed by atoms with van der Waals surface area (Å²) in [5.41, 5.74) is 5.46. The fraction of sp³-hybridized carbons (Fsp3) is 0.333. The number of amides is 1. The van der Waals surface area contributed by atoms with E-state index in [1.807, 2.05) is 66.4 Å². The maximum Gasteiger partial charge on any atom is 0.267 e. The van der Waals surface area contributed by atoms with Crippen molar-refractivity contribution >= 4 is 11.6 Å². The Bertz CT molecular complexity index is 1240. The highest BCUT2D eigenvalue weighted by molar-refractivity contribution is 5.99. The molecule has 0 aromatic heterocycles. The van der Waals surface area contributed by atoms with Crippen LogP contribution in [-0.4, -0.2) is 36.5 Å². The summed E-state index contributed by atoms with van der Waals surface area (Å²) in [6.45, 7) is 7.51. The molecule has 2 aliphatic rings. The number of nitrogens with zero attached hydrogens (tertiary/aromatic N) is 3. The first-order valence-electron chi connectivity index (χ1n) is 12.3. The molecule has 5 nitrogen and oxygen atoms in total. The molecular formula is C30H31N3O2. The molecule has 1 unspecified atom stereocenters. The largest absolute Gasteiger partial charge is 0.481 e. The van der Waals surface area contributed by atoms with E-state index < -0.39 is 6.10 Å². The van der Waals surface area contributed by atoms with Gasteiger partial charge in [0.15, 0.2) is 6.10 Å². The molecule has 1 fully saturated rings. The van der Waals surface area contributed by atoms with Gasteiger partial charge in [-0.2, -0.15) is 5.26 Å². The number of rotatable bonds is 5. The lowest BCUT2D eigenvalue weighted by molar-refractivity contribution is -0.124. The van der Waals surface area contributed by atoms with E-state index in [1.54, 1.807) is 0 Å². The topological polar surface area (TPSA) is 56.6 Å². The molecule has 1 amide bonds. The van der Waals surface area contributed by atoms with Crippen molar-refractivity contribution < 1.29 is 9.53 Å². The Kier molecular flexibility index (Phi) is 6.32. The van der Waals surface area contributed by atoms with Crippen LogP contribution in [0.5, 0.6) is 5.75 Å². The SMILES string of the molecule is Cc1ccc2c(c1)C1(CCN(Cc3ccc(C#N)cc3)CC1)CN2C(=O)C(C)Oc1ccccc1. The number of benzene rings is 3. The fourth-order valence-electron chi connectivity index (χ4n) is 5.46. The van der Waals surface area contributed by atoms with E-state index in [-0.39, 0.29) is 11.3 Å². The molecule has 178 valence electrons. The number of hydrogen-bond donors (Lipinski definition) is 0. The van der Waals surface area contributed by atoms with Crippen LogP contribution >= 0.6 is 0 Å². The van der Waals surface area contributed by atoms with Crippen LogP contribution in [-0.2, 0) is 16.8 Å². The second-order valence-corrected chi connectivity index (χ2v) is 9.88. The van der Waals surface area contributed by atoms with Crippen molar-refractivity contribution in [2.75, 3.05) is 24.5 Å². The number of carbonyl (C=O) groups excluding carboxylic acids is 1. The summed E-state index contributed by atoms with van der Waals surface area (Å²) in [4.78, 5) is 18.0. The molecule has 3 aromatic rings. The average molecular weight is 466 g/mol. The van der Waals surface area contributed by atoms with Gasteiger partial charge in [0.1, 0.15) is 5.75 Å². The van der Waals surface area contributed by atoms with Crippen molar-refractivity contribution in [3.05, 3.63) is 95.1 Å². The second-order valence-electron chi connectivity index (χ2n) is 9.88. The Labute approximate surface area is 207 Å². The molecule has 0 radical (unpaired) electrons. The van der Waals surface area contributed by atoms with Gasteiger partial charge in [0.05, 0.1) is 11.6 Å². The summed E-state index contributed by atoms with van der Waals surface area (Å²) >= 11 is 0. The summed E-state index contributed by atoms with van der Waals surface area (Å²) < 4.78 is 5.98. The van der Waals surface area contributed by atoms with Crippen molar-refractivity contribution in [3.63, 3.8) is 0 Å². The molecule has 35 heavy (non-hydrogen) atoms. The van der Waals surface area contributed by atoms with E-state index >= 15 is 0 Å². The third-order valence-electron chi connectivity index (χ3n) is 7.45. The predicted molar refractivity (Wildman–Crippen MR) is 137 cm³/mol. The molecule has 1 spiro atoms. The van der Waals surface area contributed by atoms with Gasteiger partial charge in [-0.25, -0.2) is 0 Å². The number of piperidine rings is 1. The second kappa shape index (κ2) is 9.56.